The van der Waals surface area contributed by atoms with Gasteiger partial charge in [-0.15, -0.1) is 0 Å². The van der Waals surface area contributed by atoms with Gasteiger partial charge in [0, 0.05) is 16.3 Å². The molecule has 140 valence electrons. The number of rotatable bonds is 4. The second kappa shape index (κ2) is 8.00. The third kappa shape index (κ3) is 5.09. The molecule has 2 aromatic rings. The minimum atomic E-state index is -0.585. The Morgan fingerprint density at radius 2 is 1.85 bits per heavy atom. The maximum atomic E-state index is 13.2. The predicted octanol–water partition coefficient (Wildman–Crippen LogP) is 5.44. The smallest absolute Gasteiger partial charge is 0.234 e. The van der Waals surface area contributed by atoms with Crippen molar-refractivity contribution < 1.29 is 9.18 Å². The number of carbonyl (C=O) groups excluding carboxylic acids is 1. The van der Waals surface area contributed by atoms with Crippen LogP contribution >= 0.6 is 35.0 Å². The lowest BCUT2D eigenvalue weighted by Gasteiger charge is -2.08. The molecule has 0 bridgehead atoms. The molecule has 0 atom stereocenters. The normalized spacial score (nSPS) is 15.3. The van der Waals surface area contributed by atoms with Gasteiger partial charge in [-0.3, -0.25) is 9.79 Å². The van der Waals surface area contributed by atoms with E-state index in [1.807, 2.05) is 26.0 Å². The van der Waals surface area contributed by atoms with Crippen LogP contribution in [0, 0.1) is 5.82 Å². The molecule has 4 nitrogen and oxygen atoms in total. The average molecular weight is 424 g/mol. The van der Waals surface area contributed by atoms with E-state index in [0.717, 1.165) is 11.3 Å². The predicted molar refractivity (Wildman–Crippen MR) is 112 cm³/mol. The van der Waals surface area contributed by atoms with E-state index in [4.69, 9.17) is 23.2 Å². The number of amides is 1. The van der Waals surface area contributed by atoms with Gasteiger partial charge < -0.3 is 5.32 Å². The molecule has 0 aliphatic carbocycles. The molecule has 0 aromatic heterocycles. The molecule has 0 saturated heterocycles. The number of halogens is 3. The molecule has 0 spiro atoms. The fourth-order valence-corrected chi connectivity index (χ4v) is 3.68. The maximum Gasteiger partial charge on any atom is 0.234 e. The molecule has 3 rings (SSSR count). The van der Waals surface area contributed by atoms with E-state index in [0.29, 0.717) is 15.8 Å². The summed E-state index contributed by atoms with van der Waals surface area (Å²) in [6.07, 6.45) is 0. The van der Waals surface area contributed by atoms with E-state index in [9.17, 15) is 9.18 Å². The number of carbonyl (C=O) groups is 1. The van der Waals surface area contributed by atoms with Crippen molar-refractivity contribution in [1.29, 1.82) is 0 Å². The van der Waals surface area contributed by atoms with Crippen molar-refractivity contribution in [2.45, 2.75) is 19.5 Å². The molecular weight excluding hydrogens is 408 g/mol. The third-order valence-corrected chi connectivity index (χ3v) is 5.13. The van der Waals surface area contributed by atoms with Gasteiger partial charge >= 0.3 is 0 Å². The second-order valence-corrected chi connectivity index (χ2v) is 8.15. The second-order valence-electron chi connectivity index (χ2n) is 6.34. The average Bonchev–Trinajstić information content (AvgIpc) is 2.92. The highest BCUT2D eigenvalue weighted by molar-refractivity contribution is 8.16. The summed E-state index contributed by atoms with van der Waals surface area (Å²) >= 11 is 13.0. The van der Waals surface area contributed by atoms with Crippen LogP contribution in [0.15, 0.2) is 52.4 Å². The first-order chi connectivity index (χ1) is 12.7. The summed E-state index contributed by atoms with van der Waals surface area (Å²) in [6.45, 7) is 3.80. The largest absolute Gasteiger partial charge is 0.325 e. The summed E-state index contributed by atoms with van der Waals surface area (Å²) in [6, 6.07) is 11.4. The van der Waals surface area contributed by atoms with Crippen LogP contribution in [0.2, 0.25) is 10.0 Å². The van der Waals surface area contributed by atoms with Crippen LogP contribution in [-0.4, -0.2) is 28.1 Å². The Morgan fingerprint density at radius 3 is 2.52 bits per heavy atom. The SMILES string of the molecule is CC1(C)N=C(SCC(=O)Nc2ccc(F)c(Cl)c2)C(c2ccc(Cl)cc2)=N1. The number of aliphatic imine (C=N–C) groups is 2. The molecule has 1 N–H and O–H groups in total. The topological polar surface area (TPSA) is 53.8 Å². The molecule has 8 heteroatoms. The van der Waals surface area contributed by atoms with Gasteiger partial charge in [0.05, 0.1) is 16.5 Å². The van der Waals surface area contributed by atoms with Gasteiger partial charge in [0.1, 0.15) is 16.5 Å². The van der Waals surface area contributed by atoms with Gasteiger partial charge in [-0.05, 0) is 44.2 Å². The highest BCUT2D eigenvalue weighted by Gasteiger charge is 2.28. The summed E-state index contributed by atoms with van der Waals surface area (Å²) in [5, 5.41) is 3.98. The van der Waals surface area contributed by atoms with E-state index in [2.05, 4.69) is 15.3 Å². The maximum absolute atomic E-state index is 13.2. The van der Waals surface area contributed by atoms with Crippen LogP contribution in [0.4, 0.5) is 10.1 Å². The summed E-state index contributed by atoms with van der Waals surface area (Å²) in [7, 11) is 0. The Morgan fingerprint density at radius 1 is 1.15 bits per heavy atom. The quantitative estimate of drug-likeness (QED) is 0.711. The Bertz CT molecular complexity index is 942. The molecule has 1 heterocycles. The summed E-state index contributed by atoms with van der Waals surface area (Å²) < 4.78 is 13.2. The van der Waals surface area contributed by atoms with Crippen LogP contribution in [0.3, 0.4) is 0 Å². The van der Waals surface area contributed by atoms with Crippen LogP contribution < -0.4 is 5.32 Å². The Balaban J connectivity index is 1.68. The molecule has 1 amide bonds. The van der Waals surface area contributed by atoms with Gasteiger partial charge in [0.15, 0.2) is 0 Å². The van der Waals surface area contributed by atoms with Crippen LogP contribution in [-0.2, 0) is 4.79 Å². The number of anilines is 1. The standard InChI is InChI=1S/C19H16Cl2FN3OS/c1-19(2)24-17(11-3-5-12(20)6-4-11)18(25-19)27-10-16(26)23-13-7-8-15(22)14(21)9-13/h3-9H,10H2,1-2H3,(H,23,26). The van der Waals surface area contributed by atoms with Crippen LogP contribution in [0.5, 0.6) is 0 Å². The van der Waals surface area contributed by atoms with E-state index in [1.54, 1.807) is 12.1 Å². The number of benzene rings is 2. The molecule has 0 saturated carbocycles. The first-order valence-electron chi connectivity index (χ1n) is 8.07. The fourth-order valence-electron chi connectivity index (χ4n) is 2.45. The molecule has 2 aromatic carbocycles. The van der Waals surface area contributed by atoms with Gasteiger partial charge in [0.25, 0.3) is 0 Å². The molecule has 0 radical (unpaired) electrons. The van der Waals surface area contributed by atoms with Crippen molar-refractivity contribution in [1.82, 2.24) is 0 Å². The number of hydrogen-bond acceptors (Lipinski definition) is 4. The minimum Gasteiger partial charge on any atom is -0.325 e. The summed E-state index contributed by atoms with van der Waals surface area (Å²) in [5.74, 6) is -0.641. The summed E-state index contributed by atoms with van der Waals surface area (Å²) in [4.78, 5) is 21.5. The third-order valence-electron chi connectivity index (χ3n) is 3.62. The molecule has 27 heavy (non-hydrogen) atoms. The lowest BCUT2D eigenvalue weighted by molar-refractivity contribution is -0.113. The lowest BCUT2D eigenvalue weighted by Crippen LogP contribution is -2.17. The zero-order valence-electron chi connectivity index (χ0n) is 14.6. The molecule has 1 aliphatic rings. The lowest BCUT2D eigenvalue weighted by atomic mass is 10.1. The van der Waals surface area contributed by atoms with Gasteiger partial charge in [-0.1, -0.05) is 47.1 Å². The first kappa shape index (κ1) is 19.9. The first-order valence-corrected chi connectivity index (χ1v) is 9.81. The molecule has 0 fully saturated rings. The molecular formula is C19H16Cl2FN3OS. The van der Waals surface area contributed by atoms with Crippen molar-refractivity contribution in [3.05, 3.63) is 63.9 Å². The van der Waals surface area contributed by atoms with E-state index in [1.165, 1.54) is 30.0 Å². The zero-order chi connectivity index (χ0) is 19.6. The van der Waals surface area contributed by atoms with Crippen molar-refractivity contribution in [2.75, 3.05) is 11.1 Å². The van der Waals surface area contributed by atoms with E-state index in [-0.39, 0.29) is 16.7 Å². The number of nitrogens with zero attached hydrogens (tertiary/aromatic N) is 2. The fraction of sp³-hybridized carbons (Fsp3) is 0.211. The highest BCUT2D eigenvalue weighted by Crippen LogP contribution is 2.27. The minimum absolute atomic E-state index is 0.0421. The van der Waals surface area contributed by atoms with Crippen molar-refractivity contribution in [3.8, 4) is 0 Å². The Hall–Kier alpha value is -1.89. The molecule has 0 unspecified atom stereocenters. The summed E-state index contributed by atoms with van der Waals surface area (Å²) in [5.41, 5.74) is 1.48. The monoisotopic (exact) mass is 423 g/mol. The number of nitrogens with one attached hydrogen (secondary N) is 1. The van der Waals surface area contributed by atoms with Gasteiger partial charge in [0.2, 0.25) is 5.91 Å². The highest BCUT2D eigenvalue weighted by atomic mass is 35.5. The van der Waals surface area contributed by atoms with E-state index >= 15 is 0 Å². The van der Waals surface area contributed by atoms with Crippen LogP contribution in [0.25, 0.3) is 0 Å². The van der Waals surface area contributed by atoms with Crippen molar-refractivity contribution in [3.63, 3.8) is 0 Å². The van der Waals surface area contributed by atoms with Crippen LogP contribution in [0.1, 0.15) is 19.4 Å². The number of hydrogen-bond donors (Lipinski definition) is 1. The van der Waals surface area contributed by atoms with Gasteiger partial charge in [-0.25, -0.2) is 9.38 Å². The zero-order valence-corrected chi connectivity index (χ0v) is 16.9. The van der Waals surface area contributed by atoms with Gasteiger partial charge in [-0.2, -0.15) is 0 Å². The van der Waals surface area contributed by atoms with E-state index < -0.39 is 11.5 Å². The van der Waals surface area contributed by atoms with Crippen molar-refractivity contribution >= 4 is 57.3 Å². The number of thioether (sulfide) groups is 1. The molecule has 1 aliphatic heterocycles. The Labute approximate surface area is 170 Å². The Kier molecular flexibility index (Phi) is 5.89. The van der Waals surface area contributed by atoms with Crippen molar-refractivity contribution in [2.24, 2.45) is 9.98 Å².